The second kappa shape index (κ2) is 5.58. The second-order valence-corrected chi connectivity index (χ2v) is 3.45. The Morgan fingerprint density at radius 3 is 2.44 bits per heavy atom. The molecule has 1 aromatic carbocycles. The third kappa shape index (κ3) is 2.78. The monoisotopic (exact) mass is 235 g/mol. The summed E-state index contributed by atoms with van der Waals surface area (Å²) in [6.07, 6.45) is 1.74. The molecule has 0 aliphatic heterocycles. The quantitative estimate of drug-likeness (QED) is 0.871. The number of hydrogen-bond donors (Lipinski definition) is 1. The van der Waals surface area contributed by atoms with Gasteiger partial charge < -0.3 is 5.73 Å². The minimum Gasteiger partial charge on any atom is -0.322 e. The van der Waals surface area contributed by atoms with Crippen molar-refractivity contribution in [1.29, 1.82) is 0 Å². The van der Waals surface area contributed by atoms with Crippen LogP contribution in [-0.4, -0.2) is 9.97 Å². The average Bonchev–Trinajstić information content (AvgIpc) is 2.30. The molecule has 1 unspecified atom stereocenters. The van der Waals surface area contributed by atoms with E-state index in [9.17, 15) is 0 Å². The smallest absolute Gasteiger partial charge is 0.145 e. The number of aromatic nitrogens is 2. The Balaban J connectivity index is 0.00000128. The van der Waals surface area contributed by atoms with E-state index >= 15 is 0 Å². The molecule has 16 heavy (non-hydrogen) atoms. The van der Waals surface area contributed by atoms with Crippen molar-refractivity contribution < 1.29 is 0 Å². The molecular weight excluding hydrogens is 222 g/mol. The summed E-state index contributed by atoms with van der Waals surface area (Å²) in [5.74, 6) is 0.677. The van der Waals surface area contributed by atoms with E-state index < -0.39 is 0 Å². The number of halogens is 1. The van der Waals surface area contributed by atoms with Crippen molar-refractivity contribution in [3.8, 4) is 11.3 Å². The Bertz CT molecular complexity index is 443. The van der Waals surface area contributed by atoms with Crippen LogP contribution in [0.4, 0.5) is 0 Å². The molecule has 0 saturated carbocycles. The van der Waals surface area contributed by atoms with Crippen LogP contribution >= 0.6 is 12.4 Å². The Labute approximate surface area is 101 Å². The third-order valence-electron chi connectivity index (χ3n) is 2.15. The summed E-state index contributed by atoms with van der Waals surface area (Å²) < 4.78 is 0. The third-order valence-corrected chi connectivity index (χ3v) is 2.15. The van der Waals surface area contributed by atoms with Crippen LogP contribution < -0.4 is 5.73 Å². The van der Waals surface area contributed by atoms with E-state index in [4.69, 9.17) is 5.73 Å². The standard InChI is InChI=1S/C12H13N3.ClH/c1-9(13)12-14-8-7-11(15-12)10-5-3-2-4-6-10;/h2-9H,13H2,1H3;1H. The van der Waals surface area contributed by atoms with Gasteiger partial charge in [0.25, 0.3) is 0 Å². The van der Waals surface area contributed by atoms with Gasteiger partial charge in [0.2, 0.25) is 0 Å². The van der Waals surface area contributed by atoms with Crippen molar-refractivity contribution in [2.45, 2.75) is 13.0 Å². The zero-order chi connectivity index (χ0) is 10.7. The molecular formula is C12H14ClN3. The molecule has 3 nitrogen and oxygen atoms in total. The van der Waals surface area contributed by atoms with E-state index in [2.05, 4.69) is 9.97 Å². The van der Waals surface area contributed by atoms with Crippen LogP contribution in [0.2, 0.25) is 0 Å². The van der Waals surface area contributed by atoms with E-state index in [-0.39, 0.29) is 18.4 Å². The molecule has 0 aliphatic rings. The first-order chi connectivity index (χ1) is 7.27. The molecule has 0 aliphatic carbocycles. The predicted molar refractivity (Wildman–Crippen MR) is 67.3 cm³/mol. The highest BCUT2D eigenvalue weighted by Crippen LogP contribution is 2.16. The van der Waals surface area contributed by atoms with Crippen LogP contribution in [0.3, 0.4) is 0 Å². The molecule has 1 heterocycles. The molecule has 84 valence electrons. The van der Waals surface area contributed by atoms with E-state index in [1.165, 1.54) is 0 Å². The molecule has 2 N–H and O–H groups in total. The van der Waals surface area contributed by atoms with E-state index in [1.54, 1.807) is 6.20 Å². The van der Waals surface area contributed by atoms with Gasteiger partial charge in [-0.05, 0) is 13.0 Å². The molecule has 0 radical (unpaired) electrons. The van der Waals surface area contributed by atoms with Gasteiger partial charge in [-0.25, -0.2) is 9.97 Å². The average molecular weight is 236 g/mol. The van der Waals surface area contributed by atoms with Crippen LogP contribution in [0.15, 0.2) is 42.6 Å². The zero-order valence-electron chi connectivity index (χ0n) is 9.00. The van der Waals surface area contributed by atoms with Crippen LogP contribution in [0.1, 0.15) is 18.8 Å². The van der Waals surface area contributed by atoms with Gasteiger partial charge >= 0.3 is 0 Å². The highest BCUT2D eigenvalue weighted by molar-refractivity contribution is 5.85. The van der Waals surface area contributed by atoms with Crippen molar-refractivity contribution in [2.24, 2.45) is 5.73 Å². The fourth-order valence-corrected chi connectivity index (χ4v) is 1.36. The number of benzene rings is 1. The van der Waals surface area contributed by atoms with E-state index in [1.807, 2.05) is 43.3 Å². The summed E-state index contributed by atoms with van der Waals surface area (Å²) in [6, 6.07) is 11.8. The lowest BCUT2D eigenvalue weighted by molar-refractivity contribution is 0.741. The van der Waals surface area contributed by atoms with Gasteiger partial charge in [-0.15, -0.1) is 12.4 Å². The Morgan fingerprint density at radius 1 is 1.12 bits per heavy atom. The molecule has 2 rings (SSSR count). The minimum atomic E-state index is -0.131. The maximum atomic E-state index is 5.74. The minimum absolute atomic E-state index is 0. The molecule has 1 atom stereocenters. The van der Waals surface area contributed by atoms with Crippen molar-refractivity contribution in [3.63, 3.8) is 0 Å². The molecule has 0 amide bonds. The summed E-state index contributed by atoms with van der Waals surface area (Å²) in [7, 11) is 0. The van der Waals surface area contributed by atoms with Crippen molar-refractivity contribution in [1.82, 2.24) is 9.97 Å². The lowest BCUT2D eigenvalue weighted by atomic mass is 10.1. The number of nitrogens with zero attached hydrogens (tertiary/aromatic N) is 2. The van der Waals surface area contributed by atoms with Gasteiger partial charge in [0.05, 0.1) is 11.7 Å². The SMILES string of the molecule is CC(N)c1nccc(-c2ccccc2)n1.Cl. The second-order valence-electron chi connectivity index (χ2n) is 3.45. The Hall–Kier alpha value is -1.45. The molecule has 1 aromatic heterocycles. The number of hydrogen-bond acceptors (Lipinski definition) is 3. The predicted octanol–water partition coefficient (Wildman–Crippen LogP) is 2.59. The summed E-state index contributed by atoms with van der Waals surface area (Å²) >= 11 is 0. The van der Waals surface area contributed by atoms with Gasteiger partial charge in [-0.3, -0.25) is 0 Å². The topological polar surface area (TPSA) is 51.8 Å². The van der Waals surface area contributed by atoms with Crippen LogP contribution in [-0.2, 0) is 0 Å². The van der Waals surface area contributed by atoms with E-state index in [0.29, 0.717) is 5.82 Å². The summed E-state index contributed by atoms with van der Waals surface area (Å²) in [4.78, 5) is 8.53. The first kappa shape index (κ1) is 12.6. The molecule has 4 heteroatoms. The lowest BCUT2D eigenvalue weighted by Gasteiger charge is -2.05. The summed E-state index contributed by atoms with van der Waals surface area (Å²) in [6.45, 7) is 1.88. The fourth-order valence-electron chi connectivity index (χ4n) is 1.36. The zero-order valence-corrected chi connectivity index (χ0v) is 9.82. The molecule has 0 bridgehead atoms. The fraction of sp³-hybridized carbons (Fsp3) is 0.167. The number of nitrogens with two attached hydrogens (primary N) is 1. The summed E-state index contributed by atoms with van der Waals surface area (Å²) in [5, 5.41) is 0. The Morgan fingerprint density at radius 2 is 1.81 bits per heavy atom. The first-order valence-corrected chi connectivity index (χ1v) is 4.91. The first-order valence-electron chi connectivity index (χ1n) is 4.91. The molecule has 0 saturated heterocycles. The molecule has 0 fully saturated rings. The van der Waals surface area contributed by atoms with Gasteiger partial charge in [0.1, 0.15) is 5.82 Å². The Kier molecular flexibility index (Phi) is 4.40. The largest absolute Gasteiger partial charge is 0.322 e. The maximum Gasteiger partial charge on any atom is 0.145 e. The van der Waals surface area contributed by atoms with Crippen LogP contribution in [0, 0.1) is 0 Å². The van der Waals surface area contributed by atoms with Crippen LogP contribution in [0.5, 0.6) is 0 Å². The van der Waals surface area contributed by atoms with Crippen LogP contribution in [0.25, 0.3) is 11.3 Å². The van der Waals surface area contributed by atoms with Crippen molar-refractivity contribution >= 4 is 12.4 Å². The van der Waals surface area contributed by atoms with E-state index in [0.717, 1.165) is 11.3 Å². The maximum absolute atomic E-state index is 5.74. The lowest BCUT2D eigenvalue weighted by Crippen LogP contribution is -2.09. The molecule has 2 aromatic rings. The highest BCUT2D eigenvalue weighted by atomic mass is 35.5. The normalized spacial score (nSPS) is 11.6. The molecule has 0 spiro atoms. The summed E-state index contributed by atoms with van der Waals surface area (Å²) in [5.41, 5.74) is 7.74. The van der Waals surface area contributed by atoms with Gasteiger partial charge in [-0.1, -0.05) is 30.3 Å². The highest BCUT2D eigenvalue weighted by Gasteiger charge is 2.04. The van der Waals surface area contributed by atoms with Crippen molar-refractivity contribution in [3.05, 3.63) is 48.4 Å². The van der Waals surface area contributed by atoms with Gasteiger partial charge in [0, 0.05) is 11.8 Å². The van der Waals surface area contributed by atoms with Crippen molar-refractivity contribution in [2.75, 3.05) is 0 Å². The van der Waals surface area contributed by atoms with Gasteiger partial charge in [0.15, 0.2) is 0 Å². The number of rotatable bonds is 2. The van der Waals surface area contributed by atoms with Gasteiger partial charge in [-0.2, -0.15) is 0 Å².